The Morgan fingerprint density at radius 1 is 1.20 bits per heavy atom. The average Bonchev–Trinajstić information content (AvgIpc) is 2.76. The number of nitrogens with zero attached hydrogens (tertiary/aromatic N) is 1. The van der Waals surface area contributed by atoms with Crippen LogP contribution < -0.4 is 5.32 Å². The number of oxazole rings is 1. The topological polar surface area (TPSA) is 72.2 Å². The lowest BCUT2D eigenvalue weighted by Gasteiger charge is -2.05. The van der Waals surface area contributed by atoms with Crippen molar-refractivity contribution in [2.45, 2.75) is 32.2 Å². The van der Waals surface area contributed by atoms with E-state index in [9.17, 15) is 8.42 Å². The average molecular weight is 294 g/mol. The van der Waals surface area contributed by atoms with Crippen LogP contribution in [-0.2, 0) is 16.4 Å². The van der Waals surface area contributed by atoms with Crippen molar-refractivity contribution in [1.29, 1.82) is 0 Å². The van der Waals surface area contributed by atoms with Crippen molar-refractivity contribution >= 4 is 15.5 Å². The zero-order valence-corrected chi connectivity index (χ0v) is 12.6. The minimum atomic E-state index is -3.14. The molecule has 1 N–H and O–H groups in total. The predicted molar refractivity (Wildman–Crippen MR) is 77.5 cm³/mol. The molecule has 0 unspecified atom stereocenters. The lowest BCUT2D eigenvalue weighted by molar-refractivity contribution is 0.478. The third kappa shape index (κ3) is 3.19. The first kappa shape index (κ1) is 14.6. The maximum Gasteiger partial charge on any atom is 0.213 e. The number of hydrogen-bond acceptors (Lipinski definition) is 5. The summed E-state index contributed by atoms with van der Waals surface area (Å²) < 4.78 is 28.8. The van der Waals surface area contributed by atoms with Crippen LogP contribution in [0.25, 0.3) is 0 Å². The van der Waals surface area contributed by atoms with Gasteiger partial charge in [0.1, 0.15) is 5.76 Å². The fourth-order valence-corrected chi connectivity index (χ4v) is 2.62. The number of anilines is 1. The first-order chi connectivity index (χ1) is 9.42. The van der Waals surface area contributed by atoms with Crippen LogP contribution in [0.4, 0.5) is 5.69 Å². The number of nitrogens with one attached hydrogen (secondary N) is 1. The summed E-state index contributed by atoms with van der Waals surface area (Å²) in [5.74, 6) is 1.53. The van der Waals surface area contributed by atoms with Crippen molar-refractivity contribution in [2.75, 3.05) is 11.1 Å². The highest BCUT2D eigenvalue weighted by Crippen LogP contribution is 2.16. The van der Waals surface area contributed by atoms with Crippen LogP contribution in [0.2, 0.25) is 0 Å². The Bertz CT molecular complexity index is 668. The van der Waals surface area contributed by atoms with Gasteiger partial charge >= 0.3 is 0 Å². The molecule has 20 heavy (non-hydrogen) atoms. The van der Waals surface area contributed by atoms with E-state index in [4.69, 9.17) is 4.42 Å². The van der Waals surface area contributed by atoms with Crippen LogP contribution >= 0.6 is 0 Å². The van der Waals surface area contributed by atoms with E-state index in [0.29, 0.717) is 17.3 Å². The monoisotopic (exact) mass is 294 g/mol. The van der Waals surface area contributed by atoms with Crippen LogP contribution in [0.5, 0.6) is 0 Å². The van der Waals surface area contributed by atoms with Gasteiger partial charge in [0.2, 0.25) is 5.89 Å². The first-order valence-corrected chi connectivity index (χ1v) is 8.07. The van der Waals surface area contributed by atoms with E-state index in [2.05, 4.69) is 10.3 Å². The van der Waals surface area contributed by atoms with Gasteiger partial charge < -0.3 is 9.73 Å². The molecule has 6 heteroatoms. The van der Waals surface area contributed by atoms with Crippen LogP contribution in [0, 0.1) is 13.8 Å². The standard InChI is InChI=1S/C14H18N2O3S/c1-4-20(17,18)13-7-5-12(6-8-13)15-9-14-16-10(2)11(3)19-14/h5-8,15H,4,9H2,1-3H3. The van der Waals surface area contributed by atoms with Crippen LogP contribution in [0.15, 0.2) is 33.6 Å². The van der Waals surface area contributed by atoms with Gasteiger partial charge in [-0.3, -0.25) is 0 Å². The zero-order valence-electron chi connectivity index (χ0n) is 11.8. The van der Waals surface area contributed by atoms with Crippen molar-refractivity contribution in [1.82, 2.24) is 4.98 Å². The van der Waals surface area contributed by atoms with E-state index >= 15 is 0 Å². The van der Waals surface area contributed by atoms with Gasteiger partial charge in [-0.05, 0) is 38.1 Å². The van der Waals surface area contributed by atoms with Gasteiger partial charge in [0.15, 0.2) is 9.84 Å². The summed E-state index contributed by atoms with van der Waals surface area (Å²) in [6, 6.07) is 6.69. The molecular formula is C14H18N2O3S. The number of rotatable bonds is 5. The van der Waals surface area contributed by atoms with Gasteiger partial charge in [-0.25, -0.2) is 13.4 Å². The molecular weight excluding hydrogens is 276 g/mol. The fourth-order valence-electron chi connectivity index (χ4n) is 1.74. The normalized spacial score (nSPS) is 11.6. The predicted octanol–water partition coefficient (Wildman–Crippen LogP) is 2.70. The number of aromatic nitrogens is 1. The summed E-state index contributed by atoms with van der Waals surface area (Å²) in [6.07, 6.45) is 0. The second-order valence-corrected chi connectivity index (χ2v) is 6.81. The molecule has 2 rings (SSSR count). The molecule has 0 atom stereocenters. The maximum atomic E-state index is 11.7. The first-order valence-electron chi connectivity index (χ1n) is 6.42. The van der Waals surface area contributed by atoms with E-state index in [1.54, 1.807) is 31.2 Å². The van der Waals surface area contributed by atoms with Crippen LogP contribution in [0.1, 0.15) is 24.3 Å². The molecule has 0 amide bonds. The van der Waals surface area contributed by atoms with E-state index in [0.717, 1.165) is 17.1 Å². The Morgan fingerprint density at radius 2 is 1.85 bits per heavy atom. The summed E-state index contributed by atoms with van der Waals surface area (Å²) >= 11 is 0. The molecule has 0 aliphatic heterocycles. The highest BCUT2D eigenvalue weighted by Gasteiger charge is 2.11. The number of aryl methyl sites for hydroxylation is 2. The lowest BCUT2D eigenvalue weighted by atomic mass is 10.3. The van der Waals surface area contributed by atoms with Crippen molar-refractivity contribution in [3.8, 4) is 0 Å². The summed E-state index contributed by atoms with van der Waals surface area (Å²) in [5.41, 5.74) is 1.71. The number of hydrogen-bond donors (Lipinski definition) is 1. The Hall–Kier alpha value is -1.82. The lowest BCUT2D eigenvalue weighted by Crippen LogP contribution is -2.04. The Balaban J connectivity index is 2.04. The highest BCUT2D eigenvalue weighted by atomic mass is 32.2. The zero-order chi connectivity index (χ0) is 14.8. The Kier molecular flexibility index (Phi) is 4.13. The minimum absolute atomic E-state index is 0.106. The highest BCUT2D eigenvalue weighted by molar-refractivity contribution is 7.91. The minimum Gasteiger partial charge on any atom is -0.444 e. The molecule has 0 saturated heterocycles. The van der Waals surface area contributed by atoms with E-state index < -0.39 is 9.84 Å². The summed E-state index contributed by atoms with van der Waals surface area (Å²) in [7, 11) is -3.14. The second kappa shape index (κ2) is 5.66. The molecule has 0 spiro atoms. The molecule has 1 aromatic heterocycles. The second-order valence-electron chi connectivity index (χ2n) is 4.53. The van der Waals surface area contributed by atoms with Crippen LogP contribution in [-0.4, -0.2) is 19.2 Å². The molecule has 0 fully saturated rings. The van der Waals surface area contributed by atoms with E-state index in [-0.39, 0.29) is 5.75 Å². The molecule has 1 heterocycles. The summed E-state index contributed by atoms with van der Waals surface area (Å²) in [5, 5.41) is 3.15. The summed E-state index contributed by atoms with van der Waals surface area (Å²) in [4.78, 5) is 4.61. The van der Waals surface area contributed by atoms with Gasteiger partial charge in [0.25, 0.3) is 0 Å². The van der Waals surface area contributed by atoms with Crippen LogP contribution in [0.3, 0.4) is 0 Å². The smallest absolute Gasteiger partial charge is 0.213 e. The van der Waals surface area contributed by atoms with Gasteiger partial charge in [-0.1, -0.05) is 6.92 Å². The molecule has 0 aliphatic rings. The molecule has 1 aromatic carbocycles. The molecule has 0 saturated carbocycles. The molecule has 2 aromatic rings. The van der Waals surface area contributed by atoms with Gasteiger partial charge in [-0.2, -0.15) is 0 Å². The SMILES string of the molecule is CCS(=O)(=O)c1ccc(NCc2nc(C)c(C)o2)cc1. The summed E-state index contributed by atoms with van der Waals surface area (Å²) in [6.45, 7) is 5.87. The molecule has 0 aliphatic carbocycles. The third-order valence-electron chi connectivity index (χ3n) is 3.11. The largest absolute Gasteiger partial charge is 0.444 e. The van der Waals surface area contributed by atoms with Crippen molar-refractivity contribution < 1.29 is 12.8 Å². The molecule has 0 radical (unpaired) electrons. The molecule has 0 bridgehead atoms. The van der Waals surface area contributed by atoms with Crippen molar-refractivity contribution in [3.63, 3.8) is 0 Å². The van der Waals surface area contributed by atoms with Gasteiger partial charge in [0.05, 0.1) is 22.9 Å². The molecule has 108 valence electrons. The Morgan fingerprint density at radius 3 is 2.35 bits per heavy atom. The van der Waals surface area contributed by atoms with Gasteiger partial charge in [-0.15, -0.1) is 0 Å². The number of sulfone groups is 1. The quantitative estimate of drug-likeness (QED) is 0.918. The third-order valence-corrected chi connectivity index (χ3v) is 4.86. The molecule has 5 nitrogen and oxygen atoms in total. The Labute approximate surface area is 119 Å². The maximum absolute atomic E-state index is 11.7. The van der Waals surface area contributed by atoms with E-state index in [1.165, 1.54) is 0 Å². The van der Waals surface area contributed by atoms with E-state index in [1.807, 2.05) is 13.8 Å². The number of benzene rings is 1. The fraction of sp³-hybridized carbons (Fsp3) is 0.357. The van der Waals surface area contributed by atoms with Crippen molar-refractivity contribution in [2.24, 2.45) is 0 Å². The van der Waals surface area contributed by atoms with Gasteiger partial charge in [0, 0.05) is 5.69 Å². The van der Waals surface area contributed by atoms with Crippen molar-refractivity contribution in [3.05, 3.63) is 41.6 Å².